The fraction of sp³-hybridized carbons (Fsp3) is 0.167. The number of fused-ring (bicyclic) bond motifs is 1. The fourth-order valence-electron chi connectivity index (χ4n) is 4.39. The number of anilines is 1. The highest BCUT2D eigenvalue weighted by Crippen LogP contribution is 2.39. The highest BCUT2D eigenvalue weighted by Gasteiger charge is 2.41. The first-order valence-electron chi connectivity index (χ1n) is 11.3. The van der Waals surface area contributed by atoms with E-state index in [1.54, 1.807) is 0 Å². The van der Waals surface area contributed by atoms with Gasteiger partial charge in [-0.25, -0.2) is 0 Å². The molecule has 0 radical (unpaired) electrons. The molecule has 1 amide bonds. The Labute approximate surface area is 195 Å². The van der Waals surface area contributed by atoms with E-state index >= 15 is 0 Å². The molecule has 4 aromatic carbocycles. The second kappa shape index (κ2) is 9.74. The number of ether oxygens (including phenoxy) is 1. The third kappa shape index (κ3) is 4.40. The summed E-state index contributed by atoms with van der Waals surface area (Å²) in [6, 6.07) is 31.7. The van der Waals surface area contributed by atoms with E-state index in [-0.39, 0.29) is 12.0 Å². The SMILES string of the molecule is C=CCC(C(=O)Nc1ccc(OC(C)C)c2ccccc12)(c1ccccc1)c1ccccc1. The number of carbonyl (C=O) groups excluding carboxylic acids is 1. The van der Waals surface area contributed by atoms with E-state index in [0.717, 1.165) is 33.3 Å². The highest BCUT2D eigenvalue weighted by molar-refractivity contribution is 6.08. The van der Waals surface area contributed by atoms with Gasteiger partial charge in [0.25, 0.3) is 0 Å². The fourth-order valence-corrected chi connectivity index (χ4v) is 4.39. The molecule has 3 nitrogen and oxygen atoms in total. The number of hydrogen-bond donors (Lipinski definition) is 1. The van der Waals surface area contributed by atoms with E-state index in [9.17, 15) is 4.79 Å². The van der Waals surface area contributed by atoms with Crippen molar-refractivity contribution >= 4 is 22.4 Å². The summed E-state index contributed by atoms with van der Waals surface area (Å²) in [4.78, 5) is 14.1. The van der Waals surface area contributed by atoms with Crippen LogP contribution in [0.2, 0.25) is 0 Å². The van der Waals surface area contributed by atoms with Gasteiger partial charge in [0, 0.05) is 16.5 Å². The molecule has 4 rings (SSSR count). The lowest BCUT2D eigenvalue weighted by Gasteiger charge is -2.33. The third-order valence-electron chi connectivity index (χ3n) is 5.87. The van der Waals surface area contributed by atoms with Crippen molar-refractivity contribution in [1.29, 1.82) is 0 Å². The van der Waals surface area contributed by atoms with E-state index in [1.807, 2.05) is 117 Å². The van der Waals surface area contributed by atoms with Crippen molar-refractivity contribution < 1.29 is 9.53 Å². The predicted octanol–water partition coefficient (Wildman–Crippen LogP) is 7.13. The molecule has 4 aromatic rings. The van der Waals surface area contributed by atoms with E-state index < -0.39 is 5.41 Å². The number of rotatable bonds is 8. The smallest absolute Gasteiger partial charge is 0.239 e. The van der Waals surface area contributed by atoms with Crippen LogP contribution in [0.15, 0.2) is 110 Å². The van der Waals surface area contributed by atoms with Gasteiger partial charge in [-0.15, -0.1) is 6.58 Å². The minimum Gasteiger partial charge on any atom is -0.490 e. The van der Waals surface area contributed by atoms with Gasteiger partial charge < -0.3 is 10.1 Å². The molecule has 3 heteroatoms. The van der Waals surface area contributed by atoms with E-state index in [1.165, 1.54) is 0 Å². The molecule has 0 aromatic heterocycles. The molecule has 0 bridgehead atoms. The summed E-state index contributed by atoms with van der Waals surface area (Å²) in [5, 5.41) is 5.16. The van der Waals surface area contributed by atoms with Crippen LogP contribution < -0.4 is 10.1 Å². The number of carbonyl (C=O) groups is 1. The van der Waals surface area contributed by atoms with Gasteiger partial charge in [0.1, 0.15) is 11.2 Å². The first-order valence-corrected chi connectivity index (χ1v) is 11.3. The maximum Gasteiger partial charge on any atom is 0.239 e. The highest BCUT2D eigenvalue weighted by atomic mass is 16.5. The van der Waals surface area contributed by atoms with E-state index in [2.05, 4.69) is 11.9 Å². The van der Waals surface area contributed by atoms with Crippen LogP contribution >= 0.6 is 0 Å². The minimum atomic E-state index is -0.904. The predicted molar refractivity (Wildman–Crippen MR) is 137 cm³/mol. The Hall–Kier alpha value is -3.85. The van der Waals surface area contributed by atoms with Crippen molar-refractivity contribution in [3.63, 3.8) is 0 Å². The molecule has 0 atom stereocenters. The van der Waals surface area contributed by atoms with Crippen LogP contribution in [-0.2, 0) is 10.2 Å². The summed E-state index contributed by atoms with van der Waals surface area (Å²) in [5.41, 5.74) is 1.71. The number of hydrogen-bond acceptors (Lipinski definition) is 2. The zero-order valence-corrected chi connectivity index (χ0v) is 19.1. The zero-order valence-electron chi connectivity index (χ0n) is 19.1. The van der Waals surface area contributed by atoms with Gasteiger partial charge in [-0.1, -0.05) is 91.0 Å². The monoisotopic (exact) mass is 435 g/mol. The lowest BCUT2D eigenvalue weighted by molar-refractivity contribution is -0.120. The summed E-state index contributed by atoms with van der Waals surface area (Å²) in [7, 11) is 0. The van der Waals surface area contributed by atoms with Gasteiger partial charge >= 0.3 is 0 Å². The van der Waals surface area contributed by atoms with Crippen molar-refractivity contribution in [2.75, 3.05) is 5.32 Å². The van der Waals surface area contributed by atoms with Crippen LogP contribution in [-0.4, -0.2) is 12.0 Å². The molecular weight excluding hydrogens is 406 g/mol. The quantitative estimate of drug-likeness (QED) is 0.299. The Morgan fingerprint density at radius 1 is 0.848 bits per heavy atom. The molecule has 0 spiro atoms. The molecule has 0 unspecified atom stereocenters. The average Bonchev–Trinajstić information content (AvgIpc) is 2.85. The molecule has 0 aliphatic rings. The van der Waals surface area contributed by atoms with Crippen LogP contribution in [0.1, 0.15) is 31.4 Å². The molecule has 166 valence electrons. The maximum atomic E-state index is 14.1. The van der Waals surface area contributed by atoms with Crippen LogP contribution in [0.4, 0.5) is 5.69 Å². The molecule has 0 saturated carbocycles. The zero-order chi connectivity index (χ0) is 23.3. The van der Waals surface area contributed by atoms with Gasteiger partial charge in [-0.2, -0.15) is 0 Å². The summed E-state index contributed by atoms with van der Waals surface area (Å²) in [5.74, 6) is 0.713. The van der Waals surface area contributed by atoms with Gasteiger partial charge in [0.15, 0.2) is 0 Å². The Morgan fingerprint density at radius 3 is 1.94 bits per heavy atom. The molecule has 0 aliphatic heterocycles. The van der Waals surface area contributed by atoms with Crippen LogP contribution in [0.3, 0.4) is 0 Å². The normalized spacial score (nSPS) is 11.4. The molecule has 33 heavy (non-hydrogen) atoms. The Balaban J connectivity index is 1.84. The van der Waals surface area contributed by atoms with Crippen molar-refractivity contribution in [1.82, 2.24) is 0 Å². The van der Waals surface area contributed by atoms with Crippen LogP contribution in [0.5, 0.6) is 5.75 Å². The lowest BCUT2D eigenvalue weighted by atomic mass is 9.71. The molecular formula is C30H29NO2. The van der Waals surface area contributed by atoms with Crippen LogP contribution in [0.25, 0.3) is 10.8 Å². The molecule has 0 aliphatic carbocycles. The largest absolute Gasteiger partial charge is 0.490 e. The van der Waals surface area contributed by atoms with Gasteiger partial charge in [0.05, 0.1) is 6.10 Å². The second-order valence-corrected chi connectivity index (χ2v) is 8.41. The molecule has 0 fully saturated rings. The number of benzene rings is 4. The second-order valence-electron chi connectivity index (χ2n) is 8.41. The first kappa shape index (κ1) is 22.3. The summed E-state index contributed by atoms with van der Waals surface area (Å²) in [6.07, 6.45) is 2.35. The molecule has 1 N–H and O–H groups in total. The summed E-state index contributed by atoms with van der Waals surface area (Å²) >= 11 is 0. The molecule has 0 heterocycles. The standard InChI is InChI=1S/C30H29NO2/c1-4-21-30(23-13-7-5-8-14-23,24-15-9-6-10-16-24)29(32)31-27-19-20-28(33-22(2)3)26-18-12-11-17-25(26)27/h4-20,22H,1,21H2,2-3H3,(H,31,32). The van der Waals surface area contributed by atoms with Gasteiger partial charge in [0.2, 0.25) is 5.91 Å². The third-order valence-corrected chi connectivity index (χ3v) is 5.87. The van der Waals surface area contributed by atoms with Gasteiger partial charge in [-0.05, 0) is 43.5 Å². The first-order chi connectivity index (χ1) is 16.1. The summed E-state index contributed by atoms with van der Waals surface area (Å²) < 4.78 is 6.01. The Bertz CT molecular complexity index is 1210. The average molecular weight is 436 g/mol. The van der Waals surface area contributed by atoms with Crippen molar-refractivity contribution in [2.24, 2.45) is 0 Å². The van der Waals surface area contributed by atoms with Crippen LogP contribution in [0, 0.1) is 0 Å². The number of amides is 1. The van der Waals surface area contributed by atoms with E-state index in [0.29, 0.717) is 6.42 Å². The van der Waals surface area contributed by atoms with Crippen molar-refractivity contribution in [3.8, 4) is 5.75 Å². The number of allylic oxidation sites excluding steroid dienone is 1. The minimum absolute atomic E-state index is 0.0604. The van der Waals surface area contributed by atoms with Crippen molar-refractivity contribution in [2.45, 2.75) is 31.8 Å². The number of nitrogens with one attached hydrogen (secondary N) is 1. The van der Waals surface area contributed by atoms with Gasteiger partial charge in [-0.3, -0.25) is 4.79 Å². The lowest BCUT2D eigenvalue weighted by Crippen LogP contribution is -2.41. The molecule has 0 saturated heterocycles. The Morgan fingerprint density at radius 2 is 1.39 bits per heavy atom. The summed E-state index contributed by atoms with van der Waals surface area (Å²) in [6.45, 7) is 7.99. The maximum absolute atomic E-state index is 14.1. The Kier molecular flexibility index (Phi) is 6.60. The van der Waals surface area contributed by atoms with E-state index in [4.69, 9.17) is 4.74 Å². The van der Waals surface area contributed by atoms with Crippen molar-refractivity contribution in [3.05, 3.63) is 121 Å². The topological polar surface area (TPSA) is 38.3 Å².